The number of carbonyl (C=O) groups excluding carboxylic acids is 1. The summed E-state index contributed by atoms with van der Waals surface area (Å²) in [6, 6.07) is 11.8. The van der Waals surface area contributed by atoms with Crippen LogP contribution in [-0.4, -0.2) is 22.5 Å². The minimum absolute atomic E-state index is 0.0544. The summed E-state index contributed by atoms with van der Waals surface area (Å²) in [7, 11) is 0. The summed E-state index contributed by atoms with van der Waals surface area (Å²) in [5.41, 5.74) is 1.98. The van der Waals surface area contributed by atoms with Gasteiger partial charge in [-0.1, -0.05) is 26.0 Å². The number of ether oxygens (including phenoxy) is 1. The molecule has 0 spiro atoms. The van der Waals surface area contributed by atoms with Crippen molar-refractivity contribution in [3.63, 3.8) is 0 Å². The minimum atomic E-state index is -0.447. The van der Waals surface area contributed by atoms with Crippen molar-refractivity contribution in [3.8, 4) is 5.75 Å². The number of halogens is 1. The van der Waals surface area contributed by atoms with Crippen molar-refractivity contribution < 1.29 is 13.9 Å². The van der Waals surface area contributed by atoms with Gasteiger partial charge in [0.1, 0.15) is 5.69 Å². The summed E-state index contributed by atoms with van der Waals surface area (Å²) in [5.74, 6) is -0.124. The highest BCUT2D eigenvalue weighted by molar-refractivity contribution is 5.94. The van der Waals surface area contributed by atoms with E-state index in [9.17, 15) is 9.18 Å². The van der Waals surface area contributed by atoms with Crippen LogP contribution in [0.25, 0.3) is 11.0 Å². The Morgan fingerprint density at radius 3 is 2.81 bits per heavy atom. The zero-order chi connectivity index (χ0) is 19.2. The predicted molar refractivity (Wildman–Crippen MR) is 102 cm³/mol. The van der Waals surface area contributed by atoms with Crippen LogP contribution in [0.15, 0.2) is 48.7 Å². The normalized spacial score (nSPS) is 11.0. The molecule has 2 heterocycles. The molecule has 5 nitrogen and oxygen atoms in total. The Kier molecular flexibility index (Phi) is 5.96. The fourth-order valence-electron chi connectivity index (χ4n) is 2.56. The van der Waals surface area contributed by atoms with Gasteiger partial charge in [0.15, 0.2) is 11.6 Å². The topological polar surface area (TPSA) is 64.1 Å². The molecule has 27 heavy (non-hydrogen) atoms. The number of nitrogens with zero attached hydrogens (tertiary/aromatic N) is 2. The first-order valence-electron chi connectivity index (χ1n) is 8.95. The lowest BCUT2D eigenvalue weighted by Crippen LogP contribution is -2.24. The molecular formula is C21H22FN3O2. The van der Waals surface area contributed by atoms with Gasteiger partial charge in [0.05, 0.1) is 17.6 Å². The monoisotopic (exact) mass is 367 g/mol. The number of nitrogens with one attached hydrogen (secondary N) is 1. The largest absolute Gasteiger partial charge is 0.490 e. The molecule has 0 radical (unpaired) electrons. The van der Waals surface area contributed by atoms with Crippen LogP contribution < -0.4 is 10.1 Å². The summed E-state index contributed by atoms with van der Waals surface area (Å²) in [6.45, 7) is 4.68. The number of amides is 1. The highest BCUT2D eigenvalue weighted by Gasteiger charge is 2.13. The van der Waals surface area contributed by atoms with E-state index in [0.29, 0.717) is 29.1 Å². The molecule has 0 aliphatic carbocycles. The van der Waals surface area contributed by atoms with E-state index in [4.69, 9.17) is 4.74 Å². The van der Waals surface area contributed by atoms with Crippen LogP contribution >= 0.6 is 0 Å². The molecular weight excluding hydrogens is 345 g/mol. The van der Waals surface area contributed by atoms with Gasteiger partial charge in [-0.05, 0) is 42.7 Å². The molecule has 1 N–H and O–H groups in total. The van der Waals surface area contributed by atoms with Gasteiger partial charge in [0.2, 0.25) is 0 Å². The highest BCUT2D eigenvalue weighted by atomic mass is 19.1. The van der Waals surface area contributed by atoms with Gasteiger partial charge < -0.3 is 10.1 Å². The molecule has 0 atom stereocenters. The Morgan fingerprint density at radius 1 is 1.15 bits per heavy atom. The average Bonchev–Trinajstić information content (AvgIpc) is 2.67. The molecule has 0 aliphatic heterocycles. The van der Waals surface area contributed by atoms with E-state index in [1.807, 2.05) is 0 Å². The number of hydrogen-bond donors (Lipinski definition) is 1. The van der Waals surface area contributed by atoms with Gasteiger partial charge in [-0.3, -0.25) is 9.78 Å². The summed E-state index contributed by atoms with van der Waals surface area (Å²) in [6.07, 6.45) is 2.52. The lowest BCUT2D eigenvalue weighted by Gasteiger charge is -2.12. The second-order valence-electron chi connectivity index (χ2n) is 6.68. The fraction of sp³-hybridized carbons (Fsp3) is 0.286. The summed E-state index contributed by atoms with van der Waals surface area (Å²) < 4.78 is 20.1. The van der Waals surface area contributed by atoms with E-state index in [1.54, 1.807) is 48.7 Å². The smallest absolute Gasteiger partial charge is 0.270 e. The molecule has 2 aromatic heterocycles. The van der Waals surface area contributed by atoms with E-state index in [-0.39, 0.29) is 23.9 Å². The summed E-state index contributed by atoms with van der Waals surface area (Å²) >= 11 is 0. The molecule has 0 bridgehead atoms. The summed E-state index contributed by atoms with van der Waals surface area (Å²) in [5, 5.41) is 2.70. The maximum absolute atomic E-state index is 14.6. The molecule has 3 rings (SSSR count). The third kappa shape index (κ3) is 4.78. The zero-order valence-electron chi connectivity index (χ0n) is 15.4. The maximum Gasteiger partial charge on any atom is 0.270 e. The van der Waals surface area contributed by atoms with Crippen molar-refractivity contribution in [2.75, 3.05) is 6.61 Å². The maximum atomic E-state index is 14.6. The predicted octanol–water partition coefficient (Wildman–Crippen LogP) is 4.12. The van der Waals surface area contributed by atoms with E-state index in [2.05, 4.69) is 29.1 Å². The lowest BCUT2D eigenvalue weighted by molar-refractivity contribution is 0.0946. The van der Waals surface area contributed by atoms with Gasteiger partial charge in [-0.25, -0.2) is 9.37 Å². The fourth-order valence-corrected chi connectivity index (χ4v) is 2.56. The SMILES string of the molecule is CC(C)CCOc1cccc(CNC(=O)c2ccc3ncccc3n2)c1F. The number of fused-ring (bicyclic) bond motifs is 1. The van der Waals surface area contributed by atoms with Crippen LogP contribution in [0, 0.1) is 11.7 Å². The molecule has 140 valence electrons. The van der Waals surface area contributed by atoms with E-state index >= 15 is 0 Å². The molecule has 0 saturated heterocycles. The van der Waals surface area contributed by atoms with Crippen molar-refractivity contribution in [2.24, 2.45) is 5.92 Å². The number of pyridine rings is 2. The Bertz CT molecular complexity index is 944. The zero-order valence-corrected chi connectivity index (χ0v) is 15.4. The number of carbonyl (C=O) groups is 1. The molecule has 0 fully saturated rings. The van der Waals surface area contributed by atoms with Crippen LogP contribution in [0.4, 0.5) is 4.39 Å². The Hall–Kier alpha value is -3.02. The van der Waals surface area contributed by atoms with Crippen LogP contribution in [-0.2, 0) is 6.54 Å². The van der Waals surface area contributed by atoms with Crippen LogP contribution in [0.3, 0.4) is 0 Å². The second kappa shape index (κ2) is 8.58. The first-order chi connectivity index (χ1) is 13.0. The highest BCUT2D eigenvalue weighted by Crippen LogP contribution is 2.21. The van der Waals surface area contributed by atoms with E-state index in [0.717, 1.165) is 6.42 Å². The second-order valence-corrected chi connectivity index (χ2v) is 6.68. The van der Waals surface area contributed by atoms with Crippen molar-refractivity contribution in [3.05, 3.63) is 65.7 Å². The average molecular weight is 367 g/mol. The van der Waals surface area contributed by atoms with Gasteiger partial charge in [-0.2, -0.15) is 0 Å². The van der Waals surface area contributed by atoms with Crippen LogP contribution in [0.5, 0.6) is 5.75 Å². The van der Waals surface area contributed by atoms with E-state index < -0.39 is 5.82 Å². The quantitative estimate of drug-likeness (QED) is 0.682. The number of rotatable bonds is 7. The third-order valence-corrected chi connectivity index (χ3v) is 4.12. The third-order valence-electron chi connectivity index (χ3n) is 4.12. The molecule has 6 heteroatoms. The molecule has 0 saturated carbocycles. The van der Waals surface area contributed by atoms with Crippen LogP contribution in [0.1, 0.15) is 36.3 Å². The standard InChI is InChI=1S/C21H22FN3O2/c1-14(2)10-12-27-19-7-3-5-15(20(19)22)13-24-21(26)18-9-8-16-17(25-18)6-4-11-23-16/h3-9,11,14H,10,12-13H2,1-2H3,(H,24,26). The van der Waals surface area contributed by atoms with E-state index in [1.165, 1.54) is 0 Å². The van der Waals surface area contributed by atoms with Gasteiger partial charge in [0, 0.05) is 18.3 Å². The van der Waals surface area contributed by atoms with Gasteiger partial charge in [0.25, 0.3) is 5.91 Å². The summed E-state index contributed by atoms with van der Waals surface area (Å²) in [4.78, 5) is 20.8. The van der Waals surface area contributed by atoms with Crippen molar-refractivity contribution >= 4 is 16.9 Å². The first-order valence-corrected chi connectivity index (χ1v) is 8.95. The number of hydrogen-bond acceptors (Lipinski definition) is 4. The number of benzene rings is 1. The Labute approximate surface area is 157 Å². The van der Waals surface area contributed by atoms with Crippen molar-refractivity contribution in [2.45, 2.75) is 26.8 Å². The molecule has 1 amide bonds. The minimum Gasteiger partial charge on any atom is -0.490 e. The van der Waals surface area contributed by atoms with Gasteiger partial charge in [-0.15, -0.1) is 0 Å². The molecule has 0 aliphatic rings. The first kappa shape index (κ1) is 18.8. The lowest BCUT2D eigenvalue weighted by atomic mass is 10.1. The Balaban J connectivity index is 1.65. The molecule has 0 unspecified atom stereocenters. The van der Waals surface area contributed by atoms with Crippen molar-refractivity contribution in [1.82, 2.24) is 15.3 Å². The molecule has 1 aromatic carbocycles. The van der Waals surface area contributed by atoms with Gasteiger partial charge >= 0.3 is 0 Å². The molecule has 3 aromatic rings. The van der Waals surface area contributed by atoms with Crippen molar-refractivity contribution in [1.29, 1.82) is 0 Å². The van der Waals surface area contributed by atoms with Crippen LogP contribution in [0.2, 0.25) is 0 Å². The Morgan fingerprint density at radius 2 is 2.00 bits per heavy atom. The number of aromatic nitrogens is 2.